The number of aryl methyl sites for hydroxylation is 1. The fraction of sp³-hybridized carbons (Fsp3) is 0.120. The molecule has 0 aliphatic rings. The van der Waals surface area contributed by atoms with Crippen LogP contribution in [0.2, 0.25) is 0 Å². The van der Waals surface area contributed by atoms with Gasteiger partial charge in [0.1, 0.15) is 29.2 Å². The molecule has 10 heteroatoms. The largest absolute Gasteiger partial charge is 0.480 e. The van der Waals surface area contributed by atoms with Crippen LogP contribution < -0.4 is 15.4 Å². The Balaban J connectivity index is 1.39. The highest BCUT2D eigenvalue weighted by atomic mass is 19.1. The zero-order chi connectivity index (χ0) is 24.8. The molecule has 1 atom stereocenters. The number of hydrogen-bond acceptors (Lipinski definition) is 5. The maximum Gasteiger partial charge on any atom is 0.326 e. The van der Waals surface area contributed by atoms with E-state index < -0.39 is 18.0 Å². The topological polar surface area (TPSA) is 118 Å². The number of nitrogens with one attached hydrogen (secondary N) is 2. The SMILES string of the molecule is Cn1cnc(CC(NC(=O)Nc2cccc(-c3ccc(Oc4ccc(F)cc4)cc3)n2)C(=O)O)c1. The number of carboxylic acid groups (broad SMARTS) is 1. The van der Waals surface area contributed by atoms with Crippen LogP contribution >= 0.6 is 0 Å². The molecule has 4 aromatic rings. The number of hydrogen-bond donors (Lipinski definition) is 3. The molecule has 0 fully saturated rings. The molecule has 2 aromatic carbocycles. The second-order valence-electron chi connectivity index (χ2n) is 7.71. The molecule has 0 saturated heterocycles. The summed E-state index contributed by atoms with van der Waals surface area (Å²) in [6.07, 6.45) is 3.30. The number of carboxylic acids is 1. The fourth-order valence-electron chi connectivity index (χ4n) is 3.29. The third kappa shape index (κ3) is 6.41. The molecule has 3 N–H and O–H groups in total. The van der Waals surface area contributed by atoms with Crippen LogP contribution in [0.15, 0.2) is 79.3 Å². The Morgan fingerprint density at radius 2 is 1.74 bits per heavy atom. The van der Waals surface area contributed by atoms with Gasteiger partial charge in [-0.2, -0.15) is 0 Å². The minimum Gasteiger partial charge on any atom is -0.480 e. The first-order valence-corrected chi connectivity index (χ1v) is 10.6. The number of pyridine rings is 1. The van der Waals surface area contributed by atoms with E-state index in [4.69, 9.17) is 4.74 Å². The van der Waals surface area contributed by atoms with Gasteiger partial charge in [-0.25, -0.2) is 23.9 Å². The molecule has 2 heterocycles. The number of nitrogens with zero attached hydrogens (tertiary/aromatic N) is 3. The Morgan fingerprint density at radius 3 is 2.37 bits per heavy atom. The third-order valence-electron chi connectivity index (χ3n) is 4.97. The second kappa shape index (κ2) is 10.5. The van der Waals surface area contributed by atoms with Gasteiger partial charge in [0.2, 0.25) is 0 Å². The van der Waals surface area contributed by atoms with Gasteiger partial charge in [-0.15, -0.1) is 0 Å². The molecule has 0 aliphatic carbocycles. The molecule has 0 aliphatic heterocycles. The molecule has 2 aromatic heterocycles. The van der Waals surface area contributed by atoms with Gasteiger partial charge >= 0.3 is 12.0 Å². The van der Waals surface area contributed by atoms with Gasteiger partial charge in [-0.3, -0.25) is 5.32 Å². The number of aromatic nitrogens is 3. The predicted molar refractivity (Wildman–Crippen MR) is 127 cm³/mol. The van der Waals surface area contributed by atoms with Crippen molar-refractivity contribution >= 4 is 17.8 Å². The van der Waals surface area contributed by atoms with Crippen molar-refractivity contribution in [3.63, 3.8) is 0 Å². The van der Waals surface area contributed by atoms with Crippen LogP contribution in [-0.4, -0.2) is 37.7 Å². The Morgan fingerprint density at radius 1 is 1.06 bits per heavy atom. The summed E-state index contributed by atoms with van der Waals surface area (Å²) < 4.78 is 20.4. The molecule has 0 spiro atoms. The van der Waals surface area contributed by atoms with Crippen LogP contribution in [0.4, 0.5) is 15.0 Å². The summed E-state index contributed by atoms with van der Waals surface area (Å²) in [5, 5.41) is 14.5. The first-order chi connectivity index (χ1) is 16.9. The predicted octanol–water partition coefficient (Wildman–Crippen LogP) is 4.23. The van der Waals surface area contributed by atoms with Crippen molar-refractivity contribution in [3.8, 4) is 22.8 Å². The van der Waals surface area contributed by atoms with Crippen molar-refractivity contribution in [1.82, 2.24) is 19.9 Å². The first kappa shape index (κ1) is 23.4. The van der Waals surface area contributed by atoms with E-state index in [1.54, 1.807) is 66.6 Å². The van der Waals surface area contributed by atoms with Crippen molar-refractivity contribution in [3.05, 3.63) is 90.8 Å². The molecule has 35 heavy (non-hydrogen) atoms. The summed E-state index contributed by atoms with van der Waals surface area (Å²) in [5.41, 5.74) is 1.92. The van der Waals surface area contributed by atoms with Crippen molar-refractivity contribution in [2.24, 2.45) is 7.05 Å². The van der Waals surface area contributed by atoms with Crippen molar-refractivity contribution in [2.45, 2.75) is 12.5 Å². The maximum atomic E-state index is 13.0. The monoisotopic (exact) mass is 475 g/mol. The number of aliphatic carboxylic acids is 1. The summed E-state index contributed by atoms with van der Waals surface area (Å²) in [7, 11) is 1.77. The van der Waals surface area contributed by atoms with Crippen LogP contribution in [-0.2, 0) is 18.3 Å². The number of urea groups is 1. The zero-order valence-corrected chi connectivity index (χ0v) is 18.7. The lowest BCUT2D eigenvalue weighted by atomic mass is 10.1. The van der Waals surface area contributed by atoms with E-state index >= 15 is 0 Å². The smallest absolute Gasteiger partial charge is 0.326 e. The quantitative estimate of drug-likeness (QED) is 0.351. The van der Waals surface area contributed by atoms with Crippen LogP contribution in [0.5, 0.6) is 11.5 Å². The highest BCUT2D eigenvalue weighted by Gasteiger charge is 2.21. The van der Waals surface area contributed by atoms with Crippen LogP contribution in [0.3, 0.4) is 0 Å². The van der Waals surface area contributed by atoms with E-state index in [0.29, 0.717) is 22.9 Å². The average molecular weight is 475 g/mol. The molecule has 9 nitrogen and oxygen atoms in total. The van der Waals surface area contributed by atoms with Gasteiger partial charge in [0, 0.05) is 25.2 Å². The molecule has 4 rings (SSSR count). The molecule has 0 radical (unpaired) electrons. The standard InChI is InChI=1S/C25H22FN5O4/c1-31-14-18(27-15-31)13-22(24(32)33)29-25(34)30-23-4-2-3-21(28-23)16-5-9-19(10-6-16)35-20-11-7-17(26)8-12-20/h2-12,14-15,22H,13H2,1H3,(H,32,33)(H2,28,29,30,34). The van der Waals surface area contributed by atoms with Gasteiger partial charge < -0.3 is 19.7 Å². The van der Waals surface area contributed by atoms with E-state index in [9.17, 15) is 19.1 Å². The number of carbonyl (C=O) groups excluding carboxylic acids is 1. The number of amides is 2. The van der Waals surface area contributed by atoms with Gasteiger partial charge in [0.25, 0.3) is 0 Å². The van der Waals surface area contributed by atoms with Gasteiger partial charge in [0.15, 0.2) is 0 Å². The summed E-state index contributed by atoms with van der Waals surface area (Å²) in [6.45, 7) is 0. The Labute approximate surface area is 200 Å². The summed E-state index contributed by atoms with van der Waals surface area (Å²) in [4.78, 5) is 32.5. The van der Waals surface area contributed by atoms with Gasteiger partial charge in [-0.05, 0) is 60.7 Å². The maximum absolute atomic E-state index is 13.0. The molecule has 1 unspecified atom stereocenters. The van der Waals surface area contributed by atoms with E-state index in [1.807, 2.05) is 0 Å². The van der Waals surface area contributed by atoms with Crippen molar-refractivity contribution < 1.29 is 23.8 Å². The summed E-state index contributed by atoms with van der Waals surface area (Å²) in [5.74, 6) is -0.171. The van der Waals surface area contributed by atoms with E-state index in [0.717, 1.165) is 5.56 Å². The van der Waals surface area contributed by atoms with Crippen LogP contribution in [0.25, 0.3) is 11.3 Å². The highest BCUT2D eigenvalue weighted by molar-refractivity contribution is 5.91. The molecular formula is C25H22FN5O4. The lowest BCUT2D eigenvalue weighted by Crippen LogP contribution is -2.44. The Hall–Kier alpha value is -4.73. The Bertz CT molecular complexity index is 1320. The normalized spacial score (nSPS) is 11.5. The third-order valence-corrected chi connectivity index (χ3v) is 4.97. The molecule has 0 bridgehead atoms. The van der Waals surface area contributed by atoms with Crippen molar-refractivity contribution in [2.75, 3.05) is 5.32 Å². The molecule has 2 amide bonds. The highest BCUT2D eigenvalue weighted by Crippen LogP contribution is 2.25. The fourth-order valence-corrected chi connectivity index (χ4v) is 3.29. The number of rotatable bonds is 8. The number of ether oxygens (including phenoxy) is 1. The average Bonchev–Trinajstić information content (AvgIpc) is 3.25. The van der Waals surface area contributed by atoms with E-state index in [1.165, 1.54) is 24.3 Å². The lowest BCUT2D eigenvalue weighted by Gasteiger charge is -2.14. The second-order valence-corrected chi connectivity index (χ2v) is 7.71. The number of anilines is 1. The minimum atomic E-state index is -1.17. The number of halogens is 1. The van der Waals surface area contributed by atoms with E-state index in [-0.39, 0.29) is 18.1 Å². The summed E-state index contributed by atoms with van der Waals surface area (Å²) >= 11 is 0. The van der Waals surface area contributed by atoms with Gasteiger partial charge in [0.05, 0.1) is 17.7 Å². The molecular weight excluding hydrogens is 453 g/mol. The van der Waals surface area contributed by atoms with E-state index in [2.05, 4.69) is 20.6 Å². The minimum absolute atomic E-state index is 0.0450. The first-order valence-electron chi connectivity index (χ1n) is 10.6. The number of benzene rings is 2. The number of carbonyl (C=O) groups is 2. The van der Waals surface area contributed by atoms with Gasteiger partial charge in [-0.1, -0.05) is 6.07 Å². The molecule has 0 saturated carbocycles. The zero-order valence-electron chi connectivity index (χ0n) is 18.7. The van der Waals surface area contributed by atoms with Crippen LogP contribution in [0, 0.1) is 5.82 Å². The summed E-state index contributed by atoms with van der Waals surface area (Å²) in [6, 6.07) is 16.1. The number of imidazole rings is 1. The molecule has 178 valence electrons. The lowest BCUT2D eigenvalue weighted by molar-refractivity contribution is -0.139. The van der Waals surface area contributed by atoms with Crippen LogP contribution in [0.1, 0.15) is 5.69 Å². The Kier molecular flexibility index (Phi) is 7.01. The van der Waals surface area contributed by atoms with Crippen molar-refractivity contribution in [1.29, 1.82) is 0 Å².